The van der Waals surface area contributed by atoms with Gasteiger partial charge in [-0.3, -0.25) is 0 Å². The molecule has 360 valence electrons. The van der Waals surface area contributed by atoms with Crippen molar-refractivity contribution >= 4 is 58.1 Å². The summed E-state index contributed by atoms with van der Waals surface area (Å²) in [5, 5.41) is 13.2. The average molecular weight is 1000 g/mol. The number of aromatic nitrogens is 8. The van der Waals surface area contributed by atoms with Crippen molar-refractivity contribution in [1.29, 1.82) is 0 Å². The van der Waals surface area contributed by atoms with Crippen molar-refractivity contribution in [3.05, 3.63) is 165 Å². The Labute approximate surface area is 406 Å². The number of hydrogen-bond acceptors (Lipinski definition) is 12. The number of ether oxygens (including phenoxy) is 2. The summed E-state index contributed by atoms with van der Waals surface area (Å²) < 4.78 is 97.2. The lowest BCUT2D eigenvalue weighted by atomic mass is 9.96. The summed E-state index contributed by atoms with van der Waals surface area (Å²) in [5.74, 6) is -5.70. The number of halogens is 8. The second kappa shape index (κ2) is 19.8. The summed E-state index contributed by atoms with van der Waals surface area (Å²) in [6.07, 6.45) is 8.87. The summed E-state index contributed by atoms with van der Waals surface area (Å²) in [5.41, 5.74) is 6.44. The van der Waals surface area contributed by atoms with E-state index >= 15 is 0 Å². The standard InChI is InChI=1S/2C24H20ClF3N6O/c2*1-29-23-15-5-4-14(12-7-16(26)21(28)17(27)8-12)22(15)32-24(33-23)31-13-3-6-18(19(9-13)35-2)34-10-20(25)30-11-34/h2*3,6-11,14H,4-5H2,1-2H3,(H2,29,31,32,33)/t2*14-/m10/s1. The number of benzene rings is 4. The molecule has 0 radical (unpaired) electrons. The summed E-state index contributed by atoms with van der Waals surface area (Å²) in [6, 6.07) is 15.0. The number of fused-ring (bicyclic) bond motifs is 2. The van der Waals surface area contributed by atoms with Crippen LogP contribution in [0.5, 0.6) is 11.5 Å². The molecule has 0 fully saturated rings. The van der Waals surface area contributed by atoms with Crippen LogP contribution in [0.15, 0.2) is 85.7 Å². The molecule has 0 unspecified atom stereocenters. The molecule has 2 atom stereocenters. The second-order valence-corrected chi connectivity index (χ2v) is 16.8. The lowest BCUT2D eigenvalue weighted by Crippen LogP contribution is -2.08. The van der Waals surface area contributed by atoms with E-state index in [-0.39, 0.29) is 0 Å². The van der Waals surface area contributed by atoms with Gasteiger partial charge in [-0.25, -0.2) is 46.3 Å². The van der Waals surface area contributed by atoms with Crippen LogP contribution in [0.4, 0.5) is 61.2 Å². The summed E-state index contributed by atoms with van der Waals surface area (Å²) in [4.78, 5) is 26.5. The van der Waals surface area contributed by atoms with Crippen LogP contribution in [0.25, 0.3) is 11.4 Å². The predicted octanol–water partition coefficient (Wildman–Crippen LogP) is 11.2. The Morgan fingerprint density at radius 1 is 0.557 bits per heavy atom. The van der Waals surface area contributed by atoms with Gasteiger partial charge in [-0.1, -0.05) is 23.2 Å². The van der Waals surface area contributed by atoms with Gasteiger partial charge in [0.1, 0.15) is 46.1 Å². The second-order valence-electron chi connectivity index (χ2n) is 16.0. The Morgan fingerprint density at radius 3 is 1.27 bits per heavy atom. The molecular formula is C48H40Cl2F6N12O2. The van der Waals surface area contributed by atoms with Crippen LogP contribution in [-0.2, 0) is 12.8 Å². The van der Waals surface area contributed by atoms with Gasteiger partial charge in [0.05, 0.1) is 37.0 Å². The number of anilines is 6. The van der Waals surface area contributed by atoms with Crippen LogP contribution < -0.4 is 30.7 Å². The molecule has 8 aromatic rings. The topological polar surface area (TPSA) is 154 Å². The van der Waals surface area contributed by atoms with Crippen LogP contribution in [-0.4, -0.2) is 67.4 Å². The molecule has 0 saturated carbocycles. The molecule has 2 aliphatic rings. The molecule has 4 N–H and O–H groups in total. The quantitative estimate of drug-likeness (QED) is 0.0680. The van der Waals surface area contributed by atoms with E-state index in [1.54, 1.807) is 74.6 Å². The number of nitrogens with zero attached hydrogens (tertiary/aromatic N) is 8. The van der Waals surface area contributed by atoms with Crippen LogP contribution in [0, 0.1) is 34.9 Å². The van der Waals surface area contributed by atoms with E-state index in [1.165, 1.54) is 0 Å². The Balaban J connectivity index is 0.000000174. The molecule has 4 aromatic carbocycles. The number of imidazole rings is 2. The van der Waals surface area contributed by atoms with E-state index in [0.29, 0.717) is 105 Å². The van der Waals surface area contributed by atoms with Gasteiger partial charge in [0.2, 0.25) is 11.9 Å². The highest BCUT2D eigenvalue weighted by Crippen LogP contribution is 2.43. The van der Waals surface area contributed by atoms with Crippen LogP contribution >= 0.6 is 23.2 Å². The van der Waals surface area contributed by atoms with Gasteiger partial charge in [-0.05, 0) is 85.3 Å². The Morgan fingerprint density at radius 2 is 0.943 bits per heavy atom. The molecule has 2 aliphatic carbocycles. The van der Waals surface area contributed by atoms with Crippen LogP contribution in [0.3, 0.4) is 0 Å². The number of rotatable bonds is 12. The van der Waals surface area contributed by atoms with Crippen molar-refractivity contribution in [2.45, 2.75) is 37.5 Å². The van der Waals surface area contributed by atoms with Gasteiger partial charge in [-0.15, -0.1) is 0 Å². The normalized spacial score (nSPS) is 14.6. The zero-order valence-corrected chi connectivity index (χ0v) is 39.0. The number of nitrogens with one attached hydrogen (secondary N) is 4. The first kappa shape index (κ1) is 47.5. The minimum Gasteiger partial charge on any atom is -0.494 e. The fourth-order valence-corrected chi connectivity index (χ4v) is 9.00. The monoisotopic (exact) mass is 1000 g/mol. The molecule has 4 heterocycles. The molecular weight excluding hydrogens is 962 g/mol. The van der Waals surface area contributed by atoms with E-state index < -0.39 is 46.7 Å². The lowest BCUT2D eigenvalue weighted by Gasteiger charge is -2.16. The molecule has 4 aromatic heterocycles. The highest BCUT2D eigenvalue weighted by Gasteiger charge is 2.32. The maximum Gasteiger partial charge on any atom is 0.229 e. The predicted molar refractivity (Wildman–Crippen MR) is 253 cm³/mol. The van der Waals surface area contributed by atoms with Gasteiger partial charge in [-0.2, -0.15) is 9.97 Å². The molecule has 10 rings (SSSR count). The van der Waals surface area contributed by atoms with Crippen molar-refractivity contribution in [2.24, 2.45) is 0 Å². The third-order valence-electron chi connectivity index (χ3n) is 11.9. The maximum atomic E-state index is 13.9. The third-order valence-corrected chi connectivity index (χ3v) is 12.3. The van der Waals surface area contributed by atoms with Gasteiger partial charge in [0, 0.05) is 73.0 Å². The molecule has 0 spiro atoms. The molecule has 0 amide bonds. The largest absolute Gasteiger partial charge is 0.494 e. The fourth-order valence-electron chi connectivity index (χ4n) is 8.71. The maximum absolute atomic E-state index is 13.9. The Hall–Kier alpha value is -7.58. The lowest BCUT2D eigenvalue weighted by molar-refractivity contribution is 0.413. The van der Waals surface area contributed by atoms with Crippen molar-refractivity contribution in [3.63, 3.8) is 0 Å². The average Bonchev–Trinajstić information content (AvgIpc) is 4.19. The van der Waals surface area contributed by atoms with E-state index in [0.717, 1.165) is 46.8 Å². The highest BCUT2D eigenvalue weighted by molar-refractivity contribution is 6.29. The number of methoxy groups -OCH3 is 2. The van der Waals surface area contributed by atoms with Crippen LogP contribution in [0.2, 0.25) is 10.3 Å². The first-order chi connectivity index (χ1) is 33.7. The van der Waals surface area contributed by atoms with Crippen molar-refractivity contribution in [1.82, 2.24) is 39.0 Å². The summed E-state index contributed by atoms with van der Waals surface area (Å²) in [6.45, 7) is 0. The SMILES string of the molecule is CNc1nc(Nc2ccc(-n3cnc(Cl)c3)c(OC)c2)nc2c1CC[C@@H]2c1cc(F)c(F)c(F)c1.CNc1nc(Nc2ccc(-n3cnc(Cl)c3)c(OC)c2)nc2c1CC[C@H]2c1cc(F)c(F)c(F)c1. The molecule has 14 nitrogen and oxygen atoms in total. The summed E-state index contributed by atoms with van der Waals surface area (Å²) >= 11 is 11.9. The zero-order chi connectivity index (χ0) is 49.4. The summed E-state index contributed by atoms with van der Waals surface area (Å²) in [7, 11) is 6.59. The van der Waals surface area contributed by atoms with E-state index in [4.69, 9.17) is 32.7 Å². The first-order valence-corrected chi connectivity index (χ1v) is 22.3. The Kier molecular flexibility index (Phi) is 13.4. The van der Waals surface area contributed by atoms with Gasteiger partial charge in [0.25, 0.3) is 0 Å². The number of hydrogen-bond donors (Lipinski definition) is 4. The smallest absolute Gasteiger partial charge is 0.229 e. The van der Waals surface area contributed by atoms with E-state index in [1.807, 2.05) is 24.3 Å². The Bertz CT molecular complexity index is 3020. The van der Waals surface area contributed by atoms with E-state index in [2.05, 4.69) is 51.2 Å². The van der Waals surface area contributed by atoms with Gasteiger partial charge < -0.3 is 39.9 Å². The minimum atomic E-state index is -1.48. The molecule has 0 aliphatic heterocycles. The highest BCUT2D eigenvalue weighted by atomic mass is 35.5. The van der Waals surface area contributed by atoms with Gasteiger partial charge in [0.15, 0.2) is 34.9 Å². The molecule has 22 heteroatoms. The molecule has 70 heavy (non-hydrogen) atoms. The van der Waals surface area contributed by atoms with Crippen molar-refractivity contribution in [2.75, 3.05) is 49.6 Å². The van der Waals surface area contributed by atoms with Crippen molar-refractivity contribution < 1.29 is 35.8 Å². The van der Waals surface area contributed by atoms with Crippen molar-refractivity contribution in [3.8, 4) is 22.9 Å². The molecule has 0 saturated heterocycles. The zero-order valence-electron chi connectivity index (χ0n) is 37.5. The first-order valence-electron chi connectivity index (χ1n) is 21.5. The third kappa shape index (κ3) is 9.43. The fraction of sp³-hybridized carbons (Fsp3) is 0.208. The van der Waals surface area contributed by atoms with Crippen LogP contribution in [0.1, 0.15) is 58.3 Å². The van der Waals surface area contributed by atoms with Gasteiger partial charge >= 0.3 is 0 Å². The minimum absolute atomic E-state index is 0.295. The molecule has 0 bridgehead atoms. The van der Waals surface area contributed by atoms with E-state index in [9.17, 15) is 26.3 Å².